The van der Waals surface area contributed by atoms with Crippen molar-refractivity contribution in [3.63, 3.8) is 0 Å². The van der Waals surface area contributed by atoms with E-state index in [9.17, 15) is 10.1 Å². The standard InChI is InChI=1S/C15H18N2O2S/c16-9-11-10-5-2-1-3-7-13(10)20-15(11)17-14(18)12-6-4-8-19-12/h12H,1-8H2,(H,17,18)/t12-/m0/s1. The lowest BCUT2D eigenvalue weighted by atomic mass is 10.1. The van der Waals surface area contributed by atoms with Gasteiger partial charge in [0.25, 0.3) is 5.91 Å². The van der Waals surface area contributed by atoms with Crippen molar-refractivity contribution < 1.29 is 9.53 Å². The van der Waals surface area contributed by atoms with Crippen LogP contribution in [0.3, 0.4) is 0 Å². The van der Waals surface area contributed by atoms with Crippen LogP contribution in [0.2, 0.25) is 0 Å². The summed E-state index contributed by atoms with van der Waals surface area (Å²) in [7, 11) is 0. The number of nitriles is 1. The average Bonchev–Trinajstić information content (AvgIpc) is 3.02. The number of nitrogens with one attached hydrogen (secondary N) is 1. The van der Waals surface area contributed by atoms with E-state index in [-0.39, 0.29) is 12.0 Å². The number of ether oxygens (including phenoxy) is 1. The van der Waals surface area contributed by atoms with Gasteiger partial charge in [0.15, 0.2) is 0 Å². The molecule has 2 heterocycles. The maximum absolute atomic E-state index is 12.1. The first-order chi connectivity index (χ1) is 9.79. The van der Waals surface area contributed by atoms with Gasteiger partial charge in [0, 0.05) is 11.5 Å². The van der Waals surface area contributed by atoms with Crippen LogP contribution in [-0.4, -0.2) is 18.6 Å². The SMILES string of the molecule is N#Cc1c(NC(=O)[C@@H]2CCCO2)sc2c1CCCCC2. The van der Waals surface area contributed by atoms with E-state index in [1.165, 1.54) is 17.7 Å². The second kappa shape index (κ2) is 5.94. The molecule has 3 rings (SSSR count). The summed E-state index contributed by atoms with van der Waals surface area (Å²) >= 11 is 1.58. The van der Waals surface area contributed by atoms with Gasteiger partial charge in [0.05, 0.1) is 5.56 Å². The van der Waals surface area contributed by atoms with Crippen LogP contribution in [0, 0.1) is 11.3 Å². The van der Waals surface area contributed by atoms with Gasteiger partial charge in [-0.05, 0) is 44.1 Å². The van der Waals surface area contributed by atoms with E-state index in [4.69, 9.17) is 4.74 Å². The number of carbonyl (C=O) groups excluding carboxylic acids is 1. The summed E-state index contributed by atoms with van der Waals surface area (Å²) in [6.07, 6.45) is 6.90. The Balaban J connectivity index is 1.82. The summed E-state index contributed by atoms with van der Waals surface area (Å²) in [6.45, 7) is 0.657. The quantitative estimate of drug-likeness (QED) is 0.852. The lowest BCUT2D eigenvalue weighted by Gasteiger charge is -2.09. The molecular formula is C15H18N2O2S. The summed E-state index contributed by atoms with van der Waals surface area (Å²) in [4.78, 5) is 13.4. The third-order valence-corrected chi connectivity index (χ3v) is 5.20. The Hall–Kier alpha value is -1.38. The molecule has 1 aromatic heterocycles. The molecule has 0 radical (unpaired) electrons. The smallest absolute Gasteiger partial charge is 0.254 e. The largest absolute Gasteiger partial charge is 0.368 e. The van der Waals surface area contributed by atoms with Crippen LogP contribution in [0.15, 0.2) is 0 Å². The van der Waals surface area contributed by atoms with Crippen molar-refractivity contribution in [2.45, 2.75) is 51.0 Å². The fraction of sp³-hybridized carbons (Fsp3) is 0.600. The summed E-state index contributed by atoms with van der Waals surface area (Å²) in [5.41, 5.74) is 1.84. The van der Waals surface area contributed by atoms with E-state index in [0.717, 1.165) is 42.7 Å². The van der Waals surface area contributed by atoms with E-state index in [1.807, 2.05) is 0 Å². The van der Waals surface area contributed by atoms with Gasteiger partial charge in [0.2, 0.25) is 0 Å². The maximum Gasteiger partial charge on any atom is 0.254 e. The molecular weight excluding hydrogens is 272 g/mol. The molecule has 0 spiro atoms. The van der Waals surface area contributed by atoms with Crippen molar-refractivity contribution in [3.8, 4) is 6.07 Å². The van der Waals surface area contributed by atoms with Crippen LogP contribution in [0.1, 0.15) is 48.1 Å². The van der Waals surface area contributed by atoms with Gasteiger partial charge in [-0.15, -0.1) is 11.3 Å². The summed E-state index contributed by atoms with van der Waals surface area (Å²) in [5.74, 6) is -0.101. The molecule has 0 bridgehead atoms. The fourth-order valence-electron chi connectivity index (χ4n) is 2.93. The van der Waals surface area contributed by atoms with Crippen LogP contribution in [-0.2, 0) is 22.4 Å². The minimum absolute atomic E-state index is 0.101. The molecule has 1 fully saturated rings. The number of anilines is 1. The summed E-state index contributed by atoms with van der Waals surface area (Å²) < 4.78 is 5.39. The molecule has 5 heteroatoms. The fourth-order valence-corrected chi connectivity index (χ4v) is 4.17. The van der Waals surface area contributed by atoms with Crippen molar-refractivity contribution >= 4 is 22.2 Å². The highest BCUT2D eigenvalue weighted by atomic mass is 32.1. The third kappa shape index (κ3) is 2.58. The number of rotatable bonds is 2. The zero-order valence-electron chi connectivity index (χ0n) is 11.4. The molecule has 1 atom stereocenters. The van der Waals surface area contributed by atoms with Gasteiger partial charge in [0.1, 0.15) is 17.2 Å². The van der Waals surface area contributed by atoms with Crippen LogP contribution in [0.25, 0.3) is 0 Å². The van der Waals surface area contributed by atoms with E-state index >= 15 is 0 Å². The average molecular weight is 290 g/mol. The van der Waals surface area contributed by atoms with Crippen LogP contribution < -0.4 is 5.32 Å². The predicted molar refractivity (Wildman–Crippen MR) is 77.9 cm³/mol. The molecule has 1 aliphatic heterocycles. The molecule has 1 amide bonds. The molecule has 1 N–H and O–H groups in total. The van der Waals surface area contributed by atoms with E-state index in [2.05, 4.69) is 11.4 Å². The molecule has 1 aromatic rings. The Labute approximate surface area is 122 Å². The lowest BCUT2D eigenvalue weighted by molar-refractivity contribution is -0.124. The van der Waals surface area contributed by atoms with E-state index < -0.39 is 0 Å². The normalized spacial score (nSPS) is 21.9. The highest BCUT2D eigenvalue weighted by Gasteiger charge is 2.26. The van der Waals surface area contributed by atoms with E-state index in [0.29, 0.717) is 12.2 Å². The van der Waals surface area contributed by atoms with Crippen molar-refractivity contribution in [3.05, 3.63) is 16.0 Å². The summed E-state index contributed by atoms with van der Waals surface area (Å²) in [5, 5.41) is 13.0. The third-order valence-electron chi connectivity index (χ3n) is 3.99. The van der Waals surface area contributed by atoms with Crippen LogP contribution in [0.5, 0.6) is 0 Å². The Morgan fingerprint density at radius 3 is 2.90 bits per heavy atom. The number of thiophene rings is 1. The number of hydrogen-bond donors (Lipinski definition) is 1. The molecule has 2 aliphatic rings. The van der Waals surface area contributed by atoms with E-state index in [1.54, 1.807) is 11.3 Å². The van der Waals surface area contributed by atoms with Crippen molar-refractivity contribution in [2.75, 3.05) is 11.9 Å². The predicted octanol–water partition coefficient (Wildman–Crippen LogP) is 3.01. The molecule has 4 nitrogen and oxygen atoms in total. The van der Waals surface area contributed by atoms with Gasteiger partial charge in [-0.1, -0.05) is 6.42 Å². The minimum Gasteiger partial charge on any atom is -0.368 e. The molecule has 20 heavy (non-hydrogen) atoms. The van der Waals surface area contributed by atoms with Crippen LogP contribution >= 0.6 is 11.3 Å². The van der Waals surface area contributed by atoms with Crippen molar-refractivity contribution in [1.29, 1.82) is 5.26 Å². The second-order valence-corrected chi connectivity index (χ2v) is 6.48. The number of amides is 1. The first-order valence-corrected chi connectivity index (χ1v) is 8.08. The monoisotopic (exact) mass is 290 g/mol. The second-order valence-electron chi connectivity index (χ2n) is 5.37. The zero-order valence-corrected chi connectivity index (χ0v) is 12.2. The zero-order chi connectivity index (χ0) is 13.9. The summed E-state index contributed by atoms with van der Waals surface area (Å²) in [6, 6.07) is 2.28. The van der Waals surface area contributed by atoms with Gasteiger partial charge in [-0.25, -0.2) is 0 Å². The van der Waals surface area contributed by atoms with Crippen molar-refractivity contribution in [2.24, 2.45) is 0 Å². The number of fused-ring (bicyclic) bond motifs is 1. The van der Waals surface area contributed by atoms with Gasteiger partial charge < -0.3 is 10.1 Å². The molecule has 0 unspecified atom stereocenters. The lowest BCUT2D eigenvalue weighted by Crippen LogP contribution is -2.26. The Morgan fingerprint density at radius 1 is 1.30 bits per heavy atom. The number of nitrogens with zero attached hydrogens (tertiary/aromatic N) is 1. The molecule has 0 aromatic carbocycles. The number of aryl methyl sites for hydroxylation is 1. The van der Waals surface area contributed by atoms with Crippen LogP contribution in [0.4, 0.5) is 5.00 Å². The number of carbonyl (C=O) groups is 1. The highest BCUT2D eigenvalue weighted by Crippen LogP contribution is 2.37. The molecule has 1 saturated heterocycles. The van der Waals surface area contributed by atoms with Crippen molar-refractivity contribution in [1.82, 2.24) is 0 Å². The first kappa shape index (κ1) is 13.6. The van der Waals surface area contributed by atoms with Gasteiger partial charge in [-0.3, -0.25) is 4.79 Å². The topological polar surface area (TPSA) is 62.1 Å². The van der Waals surface area contributed by atoms with Gasteiger partial charge >= 0.3 is 0 Å². The molecule has 1 aliphatic carbocycles. The molecule has 0 saturated carbocycles. The Morgan fingerprint density at radius 2 is 2.15 bits per heavy atom. The Kier molecular flexibility index (Phi) is 4.04. The first-order valence-electron chi connectivity index (χ1n) is 7.26. The Bertz CT molecular complexity index is 553. The minimum atomic E-state index is -0.344. The molecule has 106 valence electrons. The highest BCUT2D eigenvalue weighted by molar-refractivity contribution is 7.16. The maximum atomic E-state index is 12.1. The van der Waals surface area contributed by atoms with Gasteiger partial charge in [-0.2, -0.15) is 5.26 Å². The number of hydrogen-bond acceptors (Lipinski definition) is 4.